The highest BCUT2D eigenvalue weighted by atomic mass is 16.5. The molecule has 0 aromatic rings. The Labute approximate surface area is 105 Å². The molecule has 0 radical (unpaired) electrons. The Morgan fingerprint density at radius 3 is 2.18 bits per heavy atom. The van der Waals surface area contributed by atoms with E-state index in [1.165, 1.54) is 0 Å². The molecule has 0 amide bonds. The van der Waals surface area contributed by atoms with Crippen LogP contribution in [0.15, 0.2) is 0 Å². The molecule has 1 atom stereocenters. The Bertz CT molecular complexity index is 246. The average molecular weight is 245 g/mol. The molecule has 0 aromatic heterocycles. The van der Waals surface area contributed by atoms with E-state index in [2.05, 4.69) is 5.32 Å². The fraction of sp³-hybridized carbons (Fsp3) is 0.923. The van der Waals surface area contributed by atoms with Crippen molar-refractivity contribution in [2.24, 2.45) is 0 Å². The van der Waals surface area contributed by atoms with Gasteiger partial charge in [-0.2, -0.15) is 0 Å². The van der Waals surface area contributed by atoms with Crippen molar-refractivity contribution < 1.29 is 14.6 Å². The maximum Gasteiger partial charge on any atom is 0.323 e. The van der Waals surface area contributed by atoms with Gasteiger partial charge in [-0.15, -0.1) is 0 Å². The molecule has 2 N–H and O–H groups in total. The van der Waals surface area contributed by atoms with E-state index >= 15 is 0 Å². The van der Waals surface area contributed by atoms with E-state index in [0.717, 1.165) is 6.42 Å². The molecular weight excluding hydrogens is 218 g/mol. The molecule has 0 heterocycles. The van der Waals surface area contributed by atoms with Gasteiger partial charge in [0.1, 0.15) is 5.54 Å². The van der Waals surface area contributed by atoms with Gasteiger partial charge in [0.25, 0.3) is 0 Å². The van der Waals surface area contributed by atoms with Crippen molar-refractivity contribution in [2.45, 2.75) is 71.6 Å². The van der Waals surface area contributed by atoms with Gasteiger partial charge in [0.2, 0.25) is 0 Å². The van der Waals surface area contributed by atoms with Crippen molar-refractivity contribution in [1.29, 1.82) is 0 Å². The van der Waals surface area contributed by atoms with Gasteiger partial charge in [-0.3, -0.25) is 10.1 Å². The molecule has 0 fully saturated rings. The van der Waals surface area contributed by atoms with Crippen molar-refractivity contribution in [3.8, 4) is 0 Å². The number of carboxylic acid groups (broad SMARTS) is 1. The number of rotatable bonds is 7. The number of nitrogens with one attached hydrogen (secondary N) is 1. The van der Waals surface area contributed by atoms with Gasteiger partial charge in [-0.05, 0) is 54.4 Å². The lowest BCUT2D eigenvalue weighted by Crippen LogP contribution is -2.52. The Hall–Kier alpha value is -0.610. The van der Waals surface area contributed by atoms with Crippen LogP contribution in [-0.4, -0.2) is 34.9 Å². The maximum atomic E-state index is 11.2. The van der Waals surface area contributed by atoms with Gasteiger partial charge in [0, 0.05) is 12.6 Å². The van der Waals surface area contributed by atoms with Crippen LogP contribution in [0, 0.1) is 0 Å². The summed E-state index contributed by atoms with van der Waals surface area (Å²) in [4.78, 5) is 11.2. The molecule has 102 valence electrons. The molecular formula is C13H27NO3. The van der Waals surface area contributed by atoms with Crippen LogP contribution in [0.3, 0.4) is 0 Å². The molecule has 0 spiro atoms. The first kappa shape index (κ1) is 16.4. The first-order chi connectivity index (χ1) is 7.57. The SMILES string of the molecule is CC(C)NC(C)(CCCOC(C)(C)C)C(=O)O. The fourth-order valence-corrected chi connectivity index (χ4v) is 1.68. The summed E-state index contributed by atoms with van der Waals surface area (Å²) < 4.78 is 5.59. The molecule has 0 saturated carbocycles. The van der Waals surface area contributed by atoms with E-state index in [1.807, 2.05) is 34.6 Å². The van der Waals surface area contributed by atoms with Gasteiger partial charge in [0.15, 0.2) is 0 Å². The zero-order valence-electron chi connectivity index (χ0n) is 12.0. The second-order valence-corrected chi connectivity index (χ2v) is 6.00. The number of hydrogen-bond donors (Lipinski definition) is 2. The normalized spacial score (nSPS) is 15.9. The second kappa shape index (κ2) is 6.36. The first-order valence-electron chi connectivity index (χ1n) is 6.22. The third-order valence-electron chi connectivity index (χ3n) is 2.44. The number of carbonyl (C=O) groups is 1. The lowest BCUT2D eigenvalue weighted by atomic mass is 9.95. The monoisotopic (exact) mass is 245 g/mol. The second-order valence-electron chi connectivity index (χ2n) is 6.00. The minimum Gasteiger partial charge on any atom is -0.480 e. The number of carboxylic acids is 1. The lowest BCUT2D eigenvalue weighted by molar-refractivity contribution is -0.145. The molecule has 17 heavy (non-hydrogen) atoms. The van der Waals surface area contributed by atoms with Crippen LogP contribution in [0.25, 0.3) is 0 Å². The van der Waals surface area contributed by atoms with Gasteiger partial charge >= 0.3 is 5.97 Å². The molecule has 0 aromatic carbocycles. The van der Waals surface area contributed by atoms with E-state index in [4.69, 9.17) is 4.74 Å². The largest absolute Gasteiger partial charge is 0.480 e. The third-order valence-corrected chi connectivity index (χ3v) is 2.44. The molecule has 0 aliphatic carbocycles. The van der Waals surface area contributed by atoms with Crippen LogP contribution >= 0.6 is 0 Å². The Kier molecular flexibility index (Phi) is 6.13. The van der Waals surface area contributed by atoms with Crippen molar-refractivity contribution in [3.05, 3.63) is 0 Å². The highest BCUT2D eigenvalue weighted by Gasteiger charge is 2.32. The topological polar surface area (TPSA) is 58.6 Å². The van der Waals surface area contributed by atoms with Crippen LogP contribution in [0.4, 0.5) is 0 Å². The van der Waals surface area contributed by atoms with E-state index in [9.17, 15) is 9.90 Å². The minimum absolute atomic E-state index is 0.152. The number of hydrogen-bond acceptors (Lipinski definition) is 3. The number of ether oxygens (including phenoxy) is 1. The average Bonchev–Trinajstić information content (AvgIpc) is 2.09. The molecule has 4 heteroatoms. The number of aliphatic carboxylic acids is 1. The molecule has 4 nitrogen and oxygen atoms in total. The highest BCUT2D eigenvalue weighted by molar-refractivity contribution is 5.78. The quantitative estimate of drug-likeness (QED) is 0.676. The van der Waals surface area contributed by atoms with Crippen molar-refractivity contribution >= 4 is 5.97 Å². The van der Waals surface area contributed by atoms with Crippen molar-refractivity contribution in [2.75, 3.05) is 6.61 Å². The van der Waals surface area contributed by atoms with Crippen LogP contribution < -0.4 is 5.32 Å². The van der Waals surface area contributed by atoms with Crippen LogP contribution in [0.5, 0.6) is 0 Å². The molecule has 0 saturated heterocycles. The third kappa shape index (κ3) is 7.34. The van der Waals surface area contributed by atoms with E-state index < -0.39 is 11.5 Å². The van der Waals surface area contributed by atoms with Crippen LogP contribution in [0.1, 0.15) is 54.4 Å². The smallest absolute Gasteiger partial charge is 0.323 e. The zero-order chi connectivity index (χ0) is 13.7. The predicted molar refractivity (Wildman–Crippen MR) is 69.3 cm³/mol. The predicted octanol–water partition coefficient (Wildman–Crippen LogP) is 2.42. The van der Waals surface area contributed by atoms with Crippen LogP contribution in [0.2, 0.25) is 0 Å². The fourth-order valence-electron chi connectivity index (χ4n) is 1.68. The lowest BCUT2D eigenvalue weighted by Gasteiger charge is -2.29. The summed E-state index contributed by atoms with van der Waals surface area (Å²) >= 11 is 0. The van der Waals surface area contributed by atoms with E-state index in [1.54, 1.807) is 6.92 Å². The summed E-state index contributed by atoms with van der Waals surface area (Å²) in [6.45, 7) is 12.2. The summed E-state index contributed by atoms with van der Waals surface area (Å²) in [6.07, 6.45) is 1.30. The van der Waals surface area contributed by atoms with Gasteiger partial charge in [0.05, 0.1) is 5.60 Å². The molecule has 0 aliphatic rings. The van der Waals surface area contributed by atoms with Gasteiger partial charge in [-0.25, -0.2) is 0 Å². The summed E-state index contributed by atoms with van der Waals surface area (Å²) in [5.41, 5.74) is -1.03. The molecule has 0 aliphatic heterocycles. The molecule has 1 unspecified atom stereocenters. The summed E-state index contributed by atoms with van der Waals surface area (Å²) in [5.74, 6) is -0.804. The summed E-state index contributed by atoms with van der Waals surface area (Å²) in [7, 11) is 0. The first-order valence-corrected chi connectivity index (χ1v) is 6.22. The van der Waals surface area contributed by atoms with Gasteiger partial charge < -0.3 is 9.84 Å². The Balaban J connectivity index is 4.15. The minimum atomic E-state index is -0.866. The zero-order valence-corrected chi connectivity index (χ0v) is 12.0. The molecule has 0 bridgehead atoms. The van der Waals surface area contributed by atoms with Crippen molar-refractivity contribution in [3.63, 3.8) is 0 Å². The summed E-state index contributed by atoms with van der Waals surface area (Å²) in [6, 6.07) is 0.152. The molecule has 0 rings (SSSR count). The Morgan fingerprint density at radius 2 is 1.82 bits per heavy atom. The van der Waals surface area contributed by atoms with E-state index in [-0.39, 0.29) is 11.6 Å². The maximum absolute atomic E-state index is 11.2. The van der Waals surface area contributed by atoms with E-state index in [0.29, 0.717) is 13.0 Å². The van der Waals surface area contributed by atoms with Crippen molar-refractivity contribution in [1.82, 2.24) is 5.32 Å². The van der Waals surface area contributed by atoms with Gasteiger partial charge in [-0.1, -0.05) is 0 Å². The highest BCUT2D eigenvalue weighted by Crippen LogP contribution is 2.16. The van der Waals surface area contributed by atoms with Crippen LogP contribution in [-0.2, 0) is 9.53 Å². The Morgan fingerprint density at radius 1 is 1.29 bits per heavy atom. The standard InChI is InChI=1S/C13H27NO3/c1-10(2)14-13(6,11(15)16)8-7-9-17-12(3,4)5/h10,14H,7-9H2,1-6H3,(H,15,16). The summed E-state index contributed by atoms with van der Waals surface area (Å²) in [5, 5.41) is 12.3.